The first-order chi connectivity index (χ1) is 10.6. The summed E-state index contributed by atoms with van der Waals surface area (Å²) >= 11 is 0. The molecule has 3 N–H and O–H groups in total. The molecule has 3 atom stereocenters. The van der Waals surface area contributed by atoms with Crippen molar-refractivity contribution in [1.82, 2.24) is 9.80 Å². The number of amides is 3. The summed E-state index contributed by atoms with van der Waals surface area (Å²) in [5, 5.41) is 8.96. The van der Waals surface area contributed by atoms with Gasteiger partial charge in [0.25, 0.3) is 0 Å². The minimum absolute atomic E-state index is 0.0547. The van der Waals surface area contributed by atoms with Crippen LogP contribution in [0.1, 0.15) is 12.8 Å². The number of likely N-dealkylation sites (tertiary alicyclic amines) is 2. The van der Waals surface area contributed by atoms with Crippen molar-refractivity contribution in [1.29, 1.82) is 0 Å². The number of carbonyl (C=O) groups excluding carboxylic acids is 2. The number of alkyl halides is 3. The van der Waals surface area contributed by atoms with Gasteiger partial charge in [0.1, 0.15) is 0 Å². The Balaban J connectivity index is 2.08. The van der Waals surface area contributed by atoms with Crippen LogP contribution in [-0.2, 0) is 9.59 Å². The molecular weight excluding hydrogens is 319 g/mol. The fourth-order valence-corrected chi connectivity index (χ4v) is 3.20. The van der Waals surface area contributed by atoms with Gasteiger partial charge in [-0.2, -0.15) is 13.2 Å². The van der Waals surface area contributed by atoms with Gasteiger partial charge in [-0.3, -0.25) is 9.59 Å². The molecule has 0 spiro atoms. The normalized spacial score (nSPS) is 28.7. The van der Waals surface area contributed by atoms with Crippen molar-refractivity contribution in [2.24, 2.45) is 23.5 Å². The molecule has 0 radical (unpaired) electrons. The number of primary amides is 1. The van der Waals surface area contributed by atoms with Crippen molar-refractivity contribution in [2.45, 2.75) is 19.0 Å². The van der Waals surface area contributed by atoms with Crippen LogP contribution in [0.3, 0.4) is 0 Å². The Hall–Kier alpha value is -2.00. The van der Waals surface area contributed by atoms with E-state index >= 15 is 0 Å². The number of nitrogens with two attached hydrogens (primary N) is 1. The molecule has 2 aliphatic heterocycles. The number of hydrogen-bond acceptors (Lipinski definition) is 3. The lowest BCUT2D eigenvalue weighted by molar-refractivity contribution is -0.188. The van der Waals surface area contributed by atoms with Crippen LogP contribution in [0.2, 0.25) is 0 Å². The molecule has 3 amide bonds. The number of carboxylic acids is 1. The third kappa shape index (κ3) is 3.67. The van der Waals surface area contributed by atoms with E-state index in [0.29, 0.717) is 19.4 Å². The molecule has 0 aromatic heterocycles. The zero-order valence-electron chi connectivity index (χ0n) is 12.3. The maximum Gasteiger partial charge on any atom is 0.394 e. The van der Waals surface area contributed by atoms with Crippen molar-refractivity contribution < 1.29 is 32.7 Å². The van der Waals surface area contributed by atoms with Crippen LogP contribution in [-0.4, -0.2) is 65.2 Å². The van der Waals surface area contributed by atoms with Gasteiger partial charge >= 0.3 is 18.2 Å². The zero-order chi connectivity index (χ0) is 17.4. The molecule has 7 nitrogen and oxygen atoms in total. The first kappa shape index (κ1) is 17.4. The van der Waals surface area contributed by atoms with Crippen molar-refractivity contribution in [3.05, 3.63) is 0 Å². The highest BCUT2D eigenvalue weighted by molar-refractivity contribution is 5.82. The number of nitrogens with zero attached hydrogens (tertiary/aromatic N) is 2. The molecule has 2 rings (SSSR count). The molecular formula is C13H18F3N3O4. The second-order valence-electron chi connectivity index (χ2n) is 5.96. The lowest BCUT2D eigenvalue weighted by Gasteiger charge is -2.33. The second kappa shape index (κ2) is 6.25. The average molecular weight is 337 g/mol. The summed E-state index contributed by atoms with van der Waals surface area (Å²) in [5.74, 6) is -6.48. The number of piperidine rings is 1. The summed E-state index contributed by atoms with van der Waals surface area (Å²) in [6.45, 7) is -0.668. The molecule has 23 heavy (non-hydrogen) atoms. The molecule has 10 heteroatoms. The lowest BCUT2D eigenvalue weighted by atomic mass is 9.96. The highest BCUT2D eigenvalue weighted by Gasteiger charge is 2.54. The first-order valence-corrected chi connectivity index (χ1v) is 7.24. The molecule has 2 fully saturated rings. The number of aliphatic carboxylic acids is 1. The first-order valence-electron chi connectivity index (χ1n) is 7.24. The fraction of sp³-hybridized carbons (Fsp3) is 0.769. The van der Waals surface area contributed by atoms with Gasteiger partial charge in [-0.25, -0.2) is 4.79 Å². The average Bonchev–Trinajstić information content (AvgIpc) is 2.92. The summed E-state index contributed by atoms with van der Waals surface area (Å²) in [5.41, 5.74) is 5.16. The van der Waals surface area contributed by atoms with E-state index in [1.807, 2.05) is 0 Å². The Bertz CT molecular complexity index is 511. The highest BCUT2D eigenvalue weighted by atomic mass is 19.4. The van der Waals surface area contributed by atoms with Crippen molar-refractivity contribution >= 4 is 17.9 Å². The topological polar surface area (TPSA) is 104 Å². The van der Waals surface area contributed by atoms with Gasteiger partial charge in [0.05, 0.1) is 17.8 Å². The Kier molecular flexibility index (Phi) is 4.71. The van der Waals surface area contributed by atoms with Crippen molar-refractivity contribution in [3.8, 4) is 0 Å². The molecule has 0 saturated carbocycles. The van der Waals surface area contributed by atoms with Crippen LogP contribution in [0.4, 0.5) is 18.0 Å². The summed E-state index contributed by atoms with van der Waals surface area (Å²) < 4.78 is 38.8. The monoisotopic (exact) mass is 337 g/mol. The van der Waals surface area contributed by atoms with Crippen molar-refractivity contribution in [2.75, 3.05) is 26.2 Å². The number of carboxylic acid groups (broad SMARTS) is 1. The Morgan fingerprint density at radius 2 is 1.74 bits per heavy atom. The number of rotatable bonds is 2. The Labute approximate surface area is 130 Å². The molecule has 0 aliphatic carbocycles. The van der Waals surface area contributed by atoms with Crippen LogP contribution in [0, 0.1) is 17.8 Å². The molecule has 1 unspecified atom stereocenters. The van der Waals surface area contributed by atoms with Crippen LogP contribution in [0.15, 0.2) is 0 Å². The Morgan fingerprint density at radius 3 is 2.22 bits per heavy atom. The third-order valence-corrected chi connectivity index (χ3v) is 4.45. The third-order valence-electron chi connectivity index (χ3n) is 4.45. The van der Waals surface area contributed by atoms with E-state index in [4.69, 9.17) is 10.8 Å². The molecule has 2 saturated heterocycles. The van der Waals surface area contributed by atoms with Gasteiger partial charge in [0.2, 0.25) is 5.91 Å². The van der Waals surface area contributed by atoms with E-state index in [9.17, 15) is 27.6 Å². The predicted molar refractivity (Wildman–Crippen MR) is 71.1 cm³/mol. The Morgan fingerprint density at radius 1 is 1.09 bits per heavy atom. The van der Waals surface area contributed by atoms with Crippen LogP contribution in [0.25, 0.3) is 0 Å². The van der Waals surface area contributed by atoms with Crippen LogP contribution >= 0.6 is 0 Å². The highest BCUT2D eigenvalue weighted by Crippen LogP contribution is 2.38. The predicted octanol–water partition coefficient (Wildman–Crippen LogP) is 0.499. The number of halogens is 3. The summed E-state index contributed by atoms with van der Waals surface area (Å²) in [4.78, 5) is 36.8. The van der Waals surface area contributed by atoms with Gasteiger partial charge in [0.15, 0.2) is 0 Å². The number of carbonyl (C=O) groups is 3. The minimum atomic E-state index is -4.68. The summed E-state index contributed by atoms with van der Waals surface area (Å²) in [7, 11) is 0. The molecule has 130 valence electrons. The maximum absolute atomic E-state index is 12.9. The van der Waals surface area contributed by atoms with E-state index in [1.54, 1.807) is 0 Å². The van der Waals surface area contributed by atoms with Gasteiger partial charge in [-0.1, -0.05) is 0 Å². The molecule has 0 aromatic carbocycles. The van der Waals surface area contributed by atoms with E-state index in [1.165, 1.54) is 4.90 Å². The lowest BCUT2D eigenvalue weighted by Crippen LogP contribution is -2.48. The van der Waals surface area contributed by atoms with E-state index in [2.05, 4.69) is 0 Å². The minimum Gasteiger partial charge on any atom is -0.481 e. The molecule has 2 heterocycles. The number of urea groups is 1. The van der Waals surface area contributed by atoms with Gasteiger partial charge in [0, 0.05) is 26.2 Å². The fourth-order valence-electron chi connectivity index (χ4n) is 3.20. The smallest absolute Gasteiger partial charge is 0.394 e. The van der Waals surface area contributed by atoms with Crippen molar-refractivity contribution in [3.63, 3.8) is 0 Å². The van der Waals surface area contributed by atoms with Gasteiger partial charge in [-0.15, -0.1) is 0 Å². The largest absolute Gasteiger partial charge is 0.481 e. The van der Waals surface area contributed by atoms with E-state index < -0.39 is 54.9 Å². The molecule has 0 bridgehead atoms. The van der Waals surface area contributed by atoms with Crippen LogP contribution < -0.4 is 5.73 Å². The molecule has 0 aromatic rings. The maximum atomic E-state index is 12.9. The summed E-state index contributed by atoms with van der Waals surface area (Å²) in [6.07, 6.45) is -3.71. The SMILES string of the molecule is NC(=O)N1CCCC(C(=O)N2C[C@@H](C(F)(F)F)[C@H](C(=O)O)C2)C1. The van der Waals surface area contributed by atoms with Gasteiger partial charge < -0.3 is 20.6 Å². The van der Waals surface area contributed by atoms with E-state index in [0.717, 1.165) is 4.90 Å². The second-order valence-corrected chi connectivity index (χ2v) is 5.96. The standard InChI is InChI=1S/C13H18F3N3O4/c14-13(15,16)9-6-19(5-8(9)11(21)22)10(20)7-2-1-3-18(4-7)12(17)23/h7-9H,1-6H2,(H2,17,23)(H,21,22)/t7?,8-,9-/m1/s1. The summed E-state index contributed by atoms with van der Waals surface area (Å²) in [6, 6.07) is -0.680. The van der Waals surface area contributed by atoms with Gasteiger partial charge in [-0.05, 0) is 12.8 Å². The zero-order valence-corrected chi connectivity index (χ0v) is 12.3. The number of hydrogen-bond donors (Lipinski definition) is 2. The van der Waals surface area contributed by atoms with E-state index in [-0.39, 0.29) is 6.54 Å². The van der Waals surface area contributed by atoms with Crippen LogP contribution in [0.5, 0.6) is 0 Å². The molecule has 2 aliphatic rings. The quantitative estimate of drug-likeness (QED) is 0.765.